The molecule has 0 spiro atoms. The van der Waals surface area contributed by atoms with Crippen molar-refractivity contribution in [1.82, 2.24) is 0 Å². The first kappa shape index (κ1) is 33.6. The summed E-state index contributed by atoms with van der Waals surface area (Å²) in [6, 6.07) is 14.0. The molecular formula is C32H38O13. The predicted octanol–water partition coefficient (Wildman–Crippen LogP) is 4.54. The molecule has 0 aliphatic carbocycles. The lowest BCUT2D eigenvalue weighted by Gasteiger charge is -2.17. The summed E-state index contributed by atoms with van der Waals surface area (Å²) in [5, 5.41) is 0. The Kier molecular flexibility index (Phi) is 12.5. The number of epoxide rings is 1. The van der Waals surface area contributed by atoms with E-state index in [0.29, 0.717) is 28.7 Å². The Hall–Kier alpha value is -4.27. The zero-order valence-electron chi connectivity index (χ0n) is 26.1. The van der Waals surface area contributed by atoms with Crippen LogP contribution in [-0.2, 0) is 30.3 Å². The molecule has 1 saturated heterocycles. The zero-order chi connectivity index (χ0) is 32.2. The summed E-state index contributed by atoms with van der Waals surface area (Å²) in [5.74, 6) is 2.50. The van der Waals surface area contributed by atoms with Crippen LogP contribution in [0.15, 0.2) is 48.5 Å². The van der Waals surface area contributed by atoms with Crippen molar-refractivity contribution < 1.29 is 61.6 Å². The minimum absolute atomic E-state index is 0.0158. The lowest BCUT2D eigenvalue weighted by atomic mass is 10.0. The summed E-state index contributed by atoms with van der Waals surface area (Å²) in [7, 11) is 9.10. The van der Waals surface area contributed by atoms with Gasteiger partial charge in [-0.1, -0.05) is 12.1 Å². The van der Waals surface area contributed by atoms with Crippen LogP contribution in [0.4, 0.5) is 0 Å². The molecule has 0 N–H and O–H groups in total. The van der Waals surface area contributed by atoms with Gasteiger partial charge < -0.3 is 56.8 Å². The number of rotatable bonds is 20. The molecule has 2 atom stereocenters. The number of carbonyl (C=O) groups is 1. The van der Waals surface area contributed by atoms with Crippen LogP contribution >= 0.6 is 0 Å². The number of Topliss-reactive ketones (excluding diaryl/α,β-unsaturated/α-hetero) is 1. The topological polar surface area (TPSA) is 131 Å². The normalized spacial score (nSPS) is 15.2. The predicted molar refractivity (Wildman–Crippen MR) is 159 cm³/mol. The Morgan fingerprint density at radius 3 is 1.78 bits per heavy atom. The summed E-state index contributed by atoms with van der Waals surface area (Å²) in [6.07, 6.45) is -1.35. The third-order valence-electron chi connectivity index (χ3n) is 6.51. The van der Waals surface area contributed by atoms with Gasteiger partial charge >= 0.3 is 0 Å². The van der Waals surface area contributed by atoms with Crippen LogP contribution in [0, 0.1) is 0 Å². The van der Waals surface area contributed by atoms with Gasteiger partial charge in [-0.3, -0.25) is 4.79 Å². The van der Waals surface area contributed by atoms with Crippen LogP contribution < -0.4 is 33.2 Å². The second kappa shape index (κ2) is 16.7. The second-order valence-corrected chi connectivity index (χ2v) is 9.52. The monoisotopic (exact) mass is 630 g/mol. The molecule has 0 bridgehead atoms. The number of hydrogen-bond acceptors (Lipinski definition) is 13. The molecule has 45 heavy (non-hydrogen) atoms. The van der Waals surface area contributed by atoms with Crippen molar-refractivity contribution in [1.29, 1.82) is 0 Å². The molecule has 244 valence electrons. The van der Waals surface area contributed by atoms with E-state index in [-0.39, 0.29) is 56.6 Å². The number of benzene rings is 3. The van der Waals surface area contributed by atoms with E-state index in [9.17, 15) is 4.79 Å². The molecule has 0 radical (unpaired) electrons. The number of ether oxygens (including phenoxy) is 12. The molecule has 13 nitrogen and oxygen atoms in total. The van der Waals surface area contributed by atoms with E-state index in [1.807, 2.05) is 18.2 Å². The lowest BCUT2D eigenvalue weighted by Crippen LogP contribution is -2.15. The maximum absolute atomic E-state index is 13.8. The molecule has 1 heterocycles. The Morgan fingerprint density at radius 1 is 0.600 bits per heavy atom. The van der Waals surface area contributed by atoms with E-state index in [2.05, 4.69) is 0 Å². The van der Waals surface area contributed by atoms with Crippen LogP contribution in [-0.4, -0.2) is 81.7 Å². The highest BCUT2D eigenvalue weighted by Gasteiger charge is 2.48. The van der Waals surface area contributed by atoms with E-state index in [0.717, 1.165) is 11.1 Å². The van der Waals surface area contributed by atoms with Gasteiger partial charge in [-0.15, -0.1) is 0 Å². The minimum Gasteiger partial charge on any atom is -0.493 e. The molecule has 1 fully saturated rings. The smallest absolute Gasteiger partial charge is 0.202 e. The fourth-order valence-electron chi connectivity index (χ4n) is 4.39. The van der Waals surface area contributed by atoms with Gasteiger partial charge in [-0.05, 0) is 35.4 Å². The molecule has 13 heteroatoms. The van der Waals surface area contributed by atoms with Crippen LogP contribution in [0.5, 0.6) is 40.2 Å². The van der Waals surface area contributed by atoms with Crippen molar-refractivity contribution in [3.8, 4) is 40.2 Å². The van der Waals surface area contributed by atoms with E-state index in [1.165, 1.54) is 21.3 Å². The molecule has 0 saturated carbocycles. The molecular weight excluding hydrogens is 592 g/mol. The standard InChI is InChI=1S/C32H38O13/c1-34-16-41-22-13-27(43-18-36-3)29(28(14-22)44-19-37-4)30(33)32-31(45-32)21-8-10-23(38-5)26(12-21)40-15-20-7-9-24(42-17-35-2)25(11-20)39-6/h7-14,31-32H,15-19H2,1-6H3. The number of methoxy groups -OCH3 is 6. The average molecular weight is 631 g/mol. The van der Waals surface area contributed by atoms with Crippen LogP contribution in [0.1, 0.15) is 27.6 Å². The average Bonchev–Trinajstić information content (AvgIpc) is 3.87. The Labute approximate surface area is 261 Å². The van der Waals surface area contributed by atoms with Crippen molar-refractivity contribution in [2.75, 3.05) is 69.8 Å². The molecule has 0 aromatic heterocycles. The van der Waals surface area contributed by atoms with Gasteiger partial charge in [0.1, 0.15) is 35.5 Å². The van der Waals surface area contributed by atoms with Crippen LogP contribution in [0.2, 0.25) is 0 Å². The van der Waals surface area contributed by atoms with Crippen molar-refractivity contribution in [3.05, 3.63) is 65.2 Å². The van der Waals surface area contributed by atoms with Crippen LogP contribution in [0.25, 0.3) is 0 Å². The van der Waals surface area contributed by atoms with Crippen molar-refractivity contribution in [3.63, 3.8) is 0 Å². The maximum Gasteiger partial charge on any atom is 0.202 e. The molecule has 3 aromatic rings. The first-order valence-electron chi connectivity index (χ1n) is 13.8. The molecule has 4 rings (SSSR count). The van der Waals surface area contributed by atoms with E-state index in [4.69, 9.17) is 56.8 Å². The van der Waals surface area contributed by atoms with Crippen LogP contribution in [0.3, 0.4) is 0 Å². The SMILES string of the molecule is COCOc1cc(OCOC)c(C(=O)C2OC2c2ccc(OC)c(OCc3ccc(OCOC)c(OC)c3)c2)c(OCOC)c1. The second-order valence-electron chi connectivity index (χ2n) is 9.52. The van der Waals surface area contributed by atoms with Gasteiger partial charge in [0.15, 0.2) is 56.3 Å². The lowest BCUT2D eigenvalue weighted by molar-refractivity contribution is 0.0397. The molecule has 0 amide bonds. The number of hydrogen-bond donors (Lipinski definition) is 0. The van der Waals surface area contributed by atoms with E-state index >= 15 is 0 Å². The van der Waals surface area contributed by atoms with Gasteiger partial charge in [0.2, 0.25) is 5.78 Å². The third kappa shape index (κ3) is 8.68. The summed E-state index contributed by atoms with van der Waals surface area (Å²) in [5.41, 5.74) is 1.73. The fraction of sp³-hybridized carbons (Fsp3) is 0.406. The largest absolute Gasteiger partial charge is 0.493 e. The van der Waals surface area contributed by atoms with E-state index in [1.54, 1.807) is 51.7 Å². The first-order chi connectivity index (χ1) is 22.0. The van der Waals surface area contributed by atoms with Crippen molar-refractivity contribution >= 4 is 5.78 Å². The van der Waals surface area contributed by atoms with Gasteiger partial charge in [0.25, 0.3) is 0 Å². The summed E-state index contributed by atoms with van der Waals surface area (Å²) >= 11 is 0. The number of ketones is 1. The van der Waals surface area contributed by atoms with Gasteiger partial charge in [0.05, 0.1) is 14.2 Å². The Balaban J connectivity index is 1.54. The van der Waals surface area contributed by atoms with Gasteiger partial charge in [-0.2, -0.15) is 0 Å². The number of carbonyl (C=O) groups excluding carboxylic acids is 1. The highest BCUT2D eigenvalue weighted by Crippen LogP contribution is 2.46. The Bertz CT molecular complexity index is 1380. The molecule has 1 aliphatic rings. The van der Waals surface area contributed by atoms with E-state index < -0.39 is 12.2 Å². The molecule has 1 aliphatic heterocycles. The third-order valence-corrected chi connectivity index (χ3v) is 6.51. The van der Waals surface area contributed by atoms with Crippen molar-refractivity contribution in [2.45, 2.75) is 18.8 Å². The van der Waals surface area contributed by atoms with Gasteiger partial charge in [0, 0.05) is 40.6 Å². The fourth-order valence-corrected chi connectivity index (χ4v) is 4.39. The highest BCUT2D eigenvalue weighted by molar-refractivity contribution is 6.06. The zero-order valence-corrected chi connectivity index (χ0v) is 26.1. The maximum atomic E-state index is 13.8. The summed E-state index contributed by atoms with van der Waals surface area (Å²) in [6.45, 7) is 0.0753. The molecule has 2 unspecified atom stereocenters. The first-order valence-corrected chi connectivity index (χ1v) is 13.8. The summed E-state index contributed by atoms with van der Waals surface area (Å²) < 4.78 is 65.7. The quantitative estimate of drug-likeness (QED) is 0.0985. The summed E-state index contributed by atoms with van der Waals surface area (Å²) in [4.78, 5) is 13.8. The highest BCUT2D eigenvalue weighted by atomic mass is 16.7. The van der Waals surface area contributed by atoms with Gasteiger partial charge in [-0.25, -0.2) is 0 Å². The minimum atomic E-state index is -0.810. The Morgan fingerprint density at radius 2 is 1.18 bits per heavy atom. The molecule has 3 aromatic carbocycles. The van der Waals surface area contributed by atoms with Crippen molar-refractivity contribution in [2.24, 2.45) is 0 Å².